The topological polar surface area (TPSA) is 81.9 Å². The van der Waals surface area contributed by atoms with Gasteiger partial charge in [0, 0.05) is 33.4 Å². The van der Waals surface area contributed by atoms with Gasteiger partial charge in [-0.05, 0) is 6.07 Å². The number of benzene rings is 1. The largest absolute Gasteiger partial charge is 0.354 e. The van der Waals surface area contributed by atoms with Crippen LogP contribution in [-0.2, 0) is 9.47 Å². The Morgan fingerprint density at radius 3 is 2.55 bits per heavy atom. The minimum Gasteiger partial charge on any atom is -0.354 e. The van der Waals surface area contributed by atoms with Crippen LogP contribution in [0.25, 0.3) is 0 Å². The van der Waals surface area contributed by atoms with Gasteiger partial charge in [0.2, 0.25) is 0 Å². The summed E-state index contributed by atoms with van der Waals surface area (Å²) >= 11 is 5.91. The van der Waals surface area contributed by atoms with Crippen molar-refractivity contribution >= 4 is 23.2 Å². The van der Waals surface area contributed by atoms with Crippen molar-refractivity contribution in [2.45, 2.75) is 6.29 Å². The molecule has 0 atom stereocenters. The molecule has 1 aromatic carbocycles. The number of non-ortho nitro benzene ring substituents is 1. The Morgan fingerprint density at radius 1 is 1.45 bits per heavy atom. The van der Waals surface area contributed by atoms with E-state index >= 15 is 0 Å². The molecule has 20 heavy (non-hydrogen) atoms. The fourth-order valence-electron chi connectivity index (χ4n) is 1.55. The molecular formula is C12H15ClN2O5. The smallest absolute Gasteiger partial charge is 0.270 e. The van der Waals surface area contributed by atoms with Gasteiger partial charge in [0.25, 0.3) is 11.6 Å². The van der Waals surface area contributed by atoms with Crippen molar-refractivity contribution in [3.05, 3.63) is 38.9 Å². The van der Waals surface area contributed by atoms with Crippen LogP contribution in [0.1, 0.15) is 10.4 Å². The average Bonchev–Trinajstić information content (AvgIpc) is 2.43. The first kappa shape index (κ1) is 16.4. The van der Waals surface area contributed by atoms with E-state index in [0.29, 0.717) is 0 Å². The number of carbonyl (C=O) groups excluding carboxylic acids is 1. The molecule has 0 N–H and O–H groups in total. The zero-order chi connectivity index (χ0) is 15.3. The Bertz CT molecular complexity index is 505. The van der Waals surface area contributed by atoms with Gasteiger partial charge in [-0.15, -0.1) is 0 Å². The van der Waals surface area contributed by atoms with Gasteiger partial charge in [-0.3, -0.25) is 14.9 Å². The Hall–Kier alpha value is -1.70. The zero-order valence-corrected chi connectivity index (χ0v) is 12.1. The number of carbonyl (C=O) groups is 1. The van der Waals surface area contributed by atoms with E-state index in [-0.39, 0.29) is 22.8 Å². The Kier molecular flexibility index (Phi) is 5.87. The summed E-state index contributed by atoms with van der Waals surface area (Å²) < 4.78 is 9.98. The van der Waals surface area contributed by atoms with Crippen molar-refractivity contribution in [2.75, 3.05) is 27.8 Å². The fourth-order valence-corrected chi connectivity index (χ4v) is 1.75. The van der Waals surface area contributed by atoms with Crippen molar-refractivity contribution in [1.29, 1.82) is 0 Å². The number of hydrogen-bond acceptors (Lipinski definition) is 5. The highest BCUT2D eigenvalue weighted by molar-refractivity contribution is 6.33. The number of methoxy groups -OCH3 is 2. The van der Waals surface area contributed by atoms with Gasteiger partial charge in [-0.2, -0.15) is 0 Å². The zero-order valence-electron chi connectivity index (χ0n) is 11.3. The number of hydrogen-bond donors (Lipinski definition) is 0. The maximum atomic E-state index is 12.2. The Balaban J connectivity index is 2.96. The summed E-state index contributed by atoms with van der Waals surface area (Å²) in [5.74, 6) is -0.446. The van der Waals surface area contributed by atoms with E-state index in [1.807, 2.05) is 0 Å². The molecule has 8 heteroatoms. The molecule has 1 amide bonds. The van der Waals surface area contributed by atoms with Crippen LogP contribution in [0, 0.1) is 10.1 Å². The molecule has 0 aliphatic rings. The first-order chi connectivity index (χ1) is 9.40. The van der Waals surface area contributed by atoms with Crippen LogP contribution in [0.3, 0.4) is 0 Å². The lowest BCUT2D eigenvalue weighted by Crippen LogP contribution is -2.36. The molecule has 0 spiro atoms. The Labute approximate surface area is 121 Å². The lowest BCUT2D eigenvalue weighted by Gasteiger charge is -2.22. The maximum Gasteiger partial charge on any atom is 0.270 e. The SMILES string of the molecule is COC(CN(C)C(=O)c1cc([N+](=O)[O-])ccc1Cl)OC. The minimum atomic E-state index is -0.583. The molecule has 0 unspecified atom stereocenters. The van der Waals surface area contributed by atoms with Crippen LogP contribution in [0.2, 0.25) is 5.02 Å². The summed E-state index contributed by atoms with van der Waals surface area (Å²) in [6.45, 7) is 0.171. The van der Waals surface area contributed by atoms with Crippen LogP contribution < -0.4 is 0 Å². The number of nitrogens with zero attached hydrogens (tertiary/aromatic N) is 2. The van der Waals surface area contributed by atoms with Crippen molar-refractivity contribution < 1.29 is 19.2 Å². The van der Waals surface area contributed by atoms with E-state index in [0.717, 1.165) is 6.07 Å². The molecule has 1 aromatic rings. The van der Waals surface area contributed by atoms with Gasteiger partial charge in [0.1, 0.15) is 0 Å². The predicted molar refractivity (Wildman–Crippen MR) is 72.9 cm³/mol. The second-order valence-corrected chi connectivity index (χ2v) is 4.42. The second-order valence-electron chi connectivity index (χ2n) is 4.01. The van der Waals surface area contributed by atoms with Gasteiger partial charge < -0.3 is 14.4 Å². The molecule has 0 saturated heterocycles. The number of nitro benzene ring substituents is 1. The summed E-state index contributed by atoms with van der Waals surface area (Å²) in [6, 6.07) is 3.72. The summed E-state index contributed by atoms with van der Waals surface area (Å²) in [5.41, 5.74) is -0.129. The molecule has 1 rings (SSSR count). The molecule has 0 bridgehead atoms. The minimum absolute atomic E-state index is 0.0642. The summed E-state index contributed by atoms with van der Waals surface area (Å²) in [7, 11) is 4.43. The highest BCUT2D eigenvalue weighted by atomic mass is 35.5. The van der Waals surface area contributed by atoms with Gasteiger partial charge in [-0.1, -0.05) is 11.6 Å². The predicted octanol–water partition coefficient (Wildman–Crippen LogP) is 1.94. The molecule has 0 aromatic heterocycles. The highest BCUT2D eigenvalue weighted by Gasteiger charge is 2.21. The van der Waals surface area contributed by atoms with E-state index < -0.39 is 17.1 Å². The number of nitro groups is 1. The lowest BCUT2D eigenvalue weighted by atomic mass is 10.1. The van der Waals surface area contributed by atoms with E-state index in [1.165, 1.54) is 38.3 Å². The number of amides is 1. The third-order valence-electron chi connectivity index (χ3n) is 2.69. The monoisotopic (exact) mass is 302 g/mol. The van der Waals surface area contributed by atoms with Gasteiger partial charge >= 0.3 is 0 Å². The standard InChI is InChI=1S/C12H15ClN2O5/c1-14(7-11(19-2)20-3)12(16)9-6-8(15(17)18)4-5-10(9)13/h4-6,11H,7H2,1-3H3. The second kappa shape index (κ2) is 7.18. The van der Waals surface area contributed by atoms with Crippen LogP contribution in [0.4, 0.5) is 5.69 Å². The van der Waals surface area contributed by atoms with Crippen LogP contribution in [0.15, 0.2) is 18.2 Å². The first-order valence-corrected chi connectivity index (χ1v) is 6.03. The third-order valence-corrected chi connectivity index (χ3v) is 3.02. The van der Waals surface area contributed by atoms with E-state index in [2.05, 4.69) is 0 Å². The number of rotatable bonds is 6. The summed E-state index contributed by atoms with van der Waals surface area (Å²) in [4.78, 5) is 23.7. The molecule has 110 valence electrons. The number of likely N-dealkylation sites (N-methyl/N-ethyl adjacent to an activating group) is 1. The van der Waals surface area contributed by atoms with E-state index in [1.54, 1.807) is 0 Å². The first-order valence-electron chi connectivity index (χ1n) is 5.65. The fraction of sp³-hybridized carbons (Fsp3) is 0.417. The molecule has 0 aliphatic carbocycles. The Morgan fingerprint density at radius 2 is 2.05 bits per heavy atom. The van der Waals surface area contributed by atoms with Crippen molar-refractivity contribution in [3.63, 3.8) is 0 Å². The lowest BCUT2D eigenvalue weighted by molar-refractivity contribution is -0.384. The summed E-state index contributed by atoms with van der Waals surface area (Å²) in [6.07, 6.45) is -0.582. The molecule has 0 saturated carbocycles. The van der Waals surface area contributed by atoms with Gasteiger partial charge in [0.05, 0.1) is 22.1 Å². The van der Waals surface area contributed by atoms with Gasteiger partial charge in [-0.25, -0.2) is 0 Å². The van der Waals surface area contributed by atoms with Crippen LogP contribution in [-0.4, -0.2) is 49.8 Å². The number of halogens is 1. The maximum absolute atomic E-state index is 12.2. The molecule has 0 radical (unpaired) electrons. The van der Waals surface area contributed by atoms with Crippen LogP contribution >= 0.6 is 11.6 Å². The van der Waals surface area contributed by atoms with Crippen molar-refractivity contribution in [1.82, 2.24) is 4.90 Å². The molecule has 0 heterocycles. The van der Waals surface area contributed by atoms with E-state index in [4.69, 9.17) is 21.1 Å². The van der Waals surface area contributed by atoms with Gasteiger partial charge in [0.15, 0.2) is 6.29 Å². The molecule has 0 aliphatic heterocycles. The molecule has 7 nitrogen and oxygen atoms in total. The number of ether oxygens (including phenoxy) is 2. The van der Waals surface area contributed by atoms with Crippen LogP contribution in [0.5, 0.6) is 0 Å². The average molecular weight is 303 g/mol. The van der Waals surface area contributed by atoms with Crippen molar-refractivity contribution in [3.8, 4) is 0 Å². The van der Waals surface area contributed by atoms with Crippen molar-refractivity contribution in [2.24, 2.45) is 0 Å². The quantitative estimate of drug-likeness (QED) is 0.455. The molecule has 0 fully saturated rings. The van der Waals surface area contributed by atoms with E-state index in [9.17, 15) is 14.9 Å². The summed E-state index contributed by atoms with van der Waals surface area (Å²) in [5, 5.41) is 10.9. The normalized spacial score (nSPS) is 10.7. The third kappa shape index (κ3) is 3.89. The molecular weight excluding hydrogens is 288 g/mol. The highest BCUT2D eigenvalue weighted by Crippen LogP contribution is 2.23.